The maximum atomic E-state index is 11.4. The average molecular weight is 365 g/mol. The molecule has 2 amide bonds. The molecule has 2 aromatic carbocycles. The van der Waals surface area contributed by atoms with Crippen LogP contribution in [-0.4, -0.2) is 28.7 Å². The van der Waals surface area contributed by atoms with Gasteiger partial charge in [-0.25, -0.2) is 15.6 Å². The van der Waals surface area contributed by atoms with E-state index in [2.05, 4.69) is 21.1 Å². The molecule has 2 rings (SSSR count). The third-order valence-corrected chi connectivity index (χ3v) is 2.61. The van der Waals surface area contributed by atoms with Crippen LogP contribution in [0.3, 0.4) is 0 Å². The average Bonchev–Trinajstić information content (AvgIpc) is 2.60. The Morgan fingerprint density at radius 1 is 0.833 bits per heavy atom. The molecule has 0 saturated carbocycles. The molecule has 0 radical (unpaired) electrons. The molecule has 0 atom stereocenters. The molecule has 24 heavy (non-hydrogen) atoms. The normalized spacial score (nSPS) is 10.1. The van der Waals surface area contributed by atoms with Crippen LogP contribution < -0.4 is 10.9 Å². The molecular formula is C15H14N4O4V. The summed E-state index contributed by atoms with van der Waals surface area (Å²) in [5.41, 5.74) is 5.33. The van der Waals surface area contributed by atoms with Gasteiger partial charge in [0.15, 0.2) is 0 Å². The van der Waals surface area contributed by atoms with E-state index in [1.165, 1.54) is 24.6 Å². The van der Waals surface area contributed by atoms with Crippen molar-refractivity contribution in [2.24, 2.45) is 10.2 Å². The standard InChI is InChI=1S/C15H14N4O3.O.V/c20-13-7-3-1-5-11(13)9-16-18-15(22)19-17-10-12-6-2-4-8-14(12)21;;/h1-10,20-21H,(H2,18,19,22);;/b16-9+,17-10+;;. The number of urea groups is 1. The number of amides is 2. The zero-order chi connectivity index (χ0) is 17.8. The fourth-order valence-electron chi connectivity index (χ4n) is 1.54. The molecule has 4 N–H and O–H groups in total. The third kappa shape index (κ3) is 6.43. The molecule has 0 aliphatic heterocycles. The summed E-state index contributed by atoms with van der Waals surface area (Å²) in [5.74, 6) is 0.122. The Bertz CT molecular complexity index is 677. The van der Waals surface area contributed by atoms with Crippen molar-refractivity contribution in [1.29, 1.82) is 0 Å². The topological polar surface area (TPSA) is 123 Å². The predicted octanol–water partition coefficient (Wildman–Crippen LogP) is 1.64. The van der Waals surface area contributed by atoms with E-state index in [0.29, 0.717) is 11.1 Å². The van der Waals surface area contributed by atoms with Gasteiger partial charge >= 0.3 is 27.1 Å². The summed E-state index contributed by atoms with van der Waals surface area (Å²) in [5, 5.41) is 26.4. The first-order valence-electron chi connectivity index (χ1n) is 6.53. The van der Waals surface area contributed by atoms with Crippen molar-refractivity contribution in [2.75, 3.05) is 0 Å². The number of benzene rings is 2. The summed E-state index contributed by atoms with van der Waals surface area (Å²) in [6.07, 6.45) is 2.61. The van der Waals surface area contributed by atoms with Crippen LogP contribution in [-0.2, 0) is 21.0 Å². The summed E-state index contributed by atoms with van der Waals surface area (Å²) in [6, 6.07) is 12.5. The van der Waals surface area contributed by atoms with Gasteiger partial charge in [0.1, 0.15) is 11.5 Å². The van der Waals surface area contributed by atoms with Gasteiger partial charge in [0.2, 0.25) is 0 Å². The van der Waals surface area contributed by atoms with Crippen LogP contribution in [0.15, 0.2) is 58.7 Å². The Balaban J connectivity index is 0.00000139. The Labute approximate surface area is 147 Å². The van der Waals surface area contributed by atoms with Gasteiger partial charge in [0.25, 0.3) is 0 Å². The summed E-state index contributed by atoms with van der Waals surface area (Å²) < 4.78 is 8.19. The van der Waals surface area contributed by atoms with Crippen molar-refractivity contribution in [2.45, 2.75) is 0 Å². The van der Waals surface area contributed by atoms with Gasteiger partial charge in [-0.05, 0) is 24.3 Å². The third-order valence-electron chi connectivity index (χ3n) is 2.61. The monoisotopic (exact) mass is 365 g/mol. The second kappa shape index (κ2) is 10.7. The van der Waals surface area contributed by atoms with E-state index in [1.54, 1.807) is 36.4 Å². The van der Waals surface area contributed by atoms with Gasteiger partial charge < -0.3 is 10.2 Å². The van der Waals surface area contributed by atoms with Gasteiger partial charge in [-0.15, -0.1) is 0 Å². The molecule has 0 aliphatic rings. The SMILES string of the molecule is O=C(N/N=C/c1ccccc1O)N/N=C/c1ccccc1O.[O]=[V]. The van der Waals surface area contributed by atoms with E-state index in [0.717, 1.165) is 17.4 Å². The molecule has 123 valence electrons. The Kier molecular flexibility index (Phi) is 8.51. The molecule has 2 aromatic rings. The van der Waals surface area contributed by atoms with Crippen molar-refractivity contribution < 1.29 is 36.1 Å². The molecule has 0 heterocycles. The van der Waals surface area contributed by atoms with Crippen LogP contribution >= 0.6 is 0 Å². The molecule has 0 spiro atoms. The first kappa shape index (κ1) is 19.1. The number of carbonyl (C=O) groups is 1. The predicted molar refractivity (Wildman–Crippen MR) is 83.8 cm³/mol. The zero-order valence-corrected chi connectivity index (χ0v) is 13.7. The number of phenols is 2. The molecule has 0 unspecified atom stereocenters. The van der Waals surface area contributed by atoms with Crippen LogP contribution in [0.5, 0.6) is 11.5 Å². The number of para-hydroxylation sites is 2. The number of aromatic hydroxyl groups is 2. The first-order valence-corrected chi connectivity index (χ1v) is 7.10. The summed E-state index contributed by atoms with van der Waals surface area (Å²) in [4.78, 5) is 11.4. The second-order valence-electron chi connectivity index (χ2n) is 4.19. The second-order valence-corrected chi connectivity index (χ2v) is 4.19. The van der Waals surface area contributed by atoms with Crippen LogP contribution in [0, 0.1) is 0 Å². The number of hydrazone groups is 2. The first-order chi connectivity index (χ1) is 11.7. The van der Waals surface area contributed by atoms with E-state index in [1.807, 2.05) is 0 Å². The molecule has 9 heteroatoms. The van der Waals surface area contributed by atoms with Crippen LogP contribution in [0.1, 0.15) is 11.1 Å². The number of hydrogen-bond acceptors (Lipinski definition) is 6. The molecule has 0 bridgehead atoms. The Hall–Kier alpha value is -2.97. The molecule has 0 aromatic heterocycles. The fourth-order valence-corrected chi connectivity index (χ4v) is 1.54. The van der Waals surface area contributed by atoms with Crippen LogP contribution in [0.25, 0.3) is 0 Å². The van der Waals surface area contributed by atoms with Gasteiger partial charge in [-0.3, -0.25) is 0 Å². The minimum absolute atomic E-state index is 0.0611. The molecule has 0 saturated heterocycles. The van der Waals surface area contributed by atoms with E-state index in [9.17, 15) is 15.0 Å². The number of hydrogen-bond donors (Lipinski definition) is 4. The van der Waals surface area contributed by atoms with E-state index in [-0.39, 0.29) is 11.5 Å². The van der Waals surface area contributed by atoms with Crippen LogP contribution in [0.4, 0.5) is 4.79 Å². The number of rotatable bonds is 4. The molecule has 0 aliphatic carbocycles. The number of phenolic OH excluding ortho intramolecular Hbond substituents is 2. The van der Waals surface area contributed by atoms with E-state index < -0.39 is 6.03 Å². The minimum atomic E-state index is -0.654. The zero-order valence-electron chi connectivity index (χ0n) is 12.3. The van der Waals surface area contributed by atoms with Gasteiger partial charge in [0, 0.05) is 11.1 Å². The van der Waals surface area contributed by atoms with E-state index in [4.69, 9.17) is 3.67 Å². The van der Waals surface area contributed by atoms with Crippen molar-refractivity contribution in [3.63, 3.8) is 0 Å². The number of carbonyl (C=O) groups excluding carboxylic acids is 1. The fraction of sp³-hybridized carbons (Fsp3) is 0. The molecule has 0 fully saturated rings. The van der Waals surface area contributed by atoms with Crippen LogP contribution in [0.2, 0.25) is 0 Å². The Morgan fingerprint density at radius 2 is 1.21 bits per heavy atom. The quantitative estimate of drug-likeness (QED) is 0.486. The number of nitrogens with one attached hydrogen (secondary N) is 2. The van der Waals surface area contributed by atoms with Crippen molar-refractivity contribution >= 4 is 18.5 Å². The maximum absolute atomic E-state index is 11.4. The van der Waals surface area contributed by atoms with Gasteiger partial charge in [-0.2, -0.15) is 10.2 Å². The van der Waals surface area contributed by atoms with Gasteiger partial charge in [0.05, 0.1) is 12.4 Å². The molecular weight excluding hydrogens is 351 g/mol. The van der Waals surface area contributed by atoms with Crippen molar-refractivity contribution in [1.82, 2.24) is 10.9 Å². The Morgan fingerprint density at radius 3 is 1.58 bits per heavy atom. The van der Waals surface area contributed by atoms with Crippen molar-refractivity contribution in [3.05, 3.63) is 59.7 Å². The number of nitrogens with zero attached hydrogens (tertiary/aromatic N) is 2. The van der Waals surface area contributed by atoms with Gasteiger partial charge in [-0.1, -0.05) is 24.3 Å². The summed E-state index contributed by atoms with van der Waals surface area (Å²) >= 11 is 1.06. The molecule has 8 nitrogen and oxygen atoms in total. The van der Waals surface area contributed by atoms with Crippen molar-refractivity contribution in [3.8, 4) is 11.5 Å². The summed E-state index contributed by atoms with van der Waals surface area (Å²) in [7, 11) is 0. The van der Waals surface area contributed by atoms with E-state index >= 15 is 0 Å². The summed E-state index contributed by atoms with van der Waals surface area (Å²) in [6.45, 7) is 0.